The van der Waals surface area contributed by atoms with Crippen molar-refractivity contribution >= 4 is 17.5 Å². The normalized spacial score (nSPS) is 21.1. The summed E-state index contributed by atoms with van der Waals surface area (Å²) in [7, 11) is 0. The minimum atomic E-state index is -0.880. The van der Waals surface area contributed by atoms with Gasteiger partial charge >= 0.3 is 0 Å². The Hall–Kier alpha value is -1.68. The van der Waals surface area contributed by atoms with Crippen LogP contribution < -0.4 is 5.73 Å². The van der Waals surface area contributed by atoms with Crippen molar-refractivity contribution in [3.05, 3.63) is 34.6 Å². The lowest BCUT2D eigenvalue weighted by Crippen LogP contribution is -2.49. The van der Waals surface area contributed by atoms with E-state index >= 15 is 0 Å². The van der Waals surface area contributed by atoms with Gasteiger partial charge in [0.15, 0.2) is 0 Å². The van der Waals surface area contributed by atoms with Gasteiger partial charge in [-0.3, -0.25) is 9.69 Å². The Labute approximate surface area is 120 Å². The summed E-state index contributed by atoms with van der Waals surface area (Å²) in [6.45, 7) is 0.781. The van der Waals surface area contributed by atoms with Gasteiger partial charge in [0.25, 0.3) is 0 Å². The molecule has 2 unspecified atom stereocenters. The number of ether oxygens (including phenoxy) is 1. The number of halogens is 2. The van der Waals surface area contributed by atoms with Gasteiger partial charge in [-0.2, -0.15) is 5.26 Å². The maximum Gasteiger partial charge on any atom is 0.247 e. The lowest BCUT2D eigenvalue weighted by atomic mass is 10.0. The Bertz CT molecular complexity index is 541. The van der Waals surface area contributed by atoms with Crippen LogP contribution in [0, 0.1) is 17.1 Å². The van der Waals surface area contributed by atoms with Crippen LogP contribution in [0.1, 0.15) is 11.6 Å². The van der Waals surface area contributed by atoms with Crippen molar-refractivity contribution in [3.63, 3.8) is 0 Å². The van der Waals surface area contributed by atoms with Crippen molar-refractivity contribution < 1.29 is 13.9 Å². The van der Waals surface area contributed by atoms with Crippen LogP contribution in [-0.4, -0.2) is 36.6 Å². The number of nitrogens with two attached hydrogens (primary N) is 1. The van der Waals surface area contributed by atoms with E-state index in [1.165, 1.54) is 18.2 Å². The van der Waals surface area contributed by atoms with Crippen LogP contribution in [-0.2, 0) is 9.53 Å². The van der Waals surface area contributed by atoms with E-state index in [1.807, 2.05) is 6.07 Å². The zero-order valence-electron chi connectivity index (χ0n) is 10.6. The Kier molecular flexibility index (Phi) is 4.55. The predicted molar refractivity (Wildman–Crippen MR) is 70.3 cm³/mol. The van der Waals surface area contributed by atoms with Crippen molar-refractivity contribution in [2.24, 2.45) is 5.73 Å². The fraction of sp³-hybridized carbons (Fsp3) is 0.385. The number of amides is 1. The highest BCUT2D eigenvalue weighted by Gasteiger charge is 2.32. The first-order valence-electron chi connectivity index (χ1n) is 6.03. The van der Waals surface area contributed by atoms with Crippen LogP contribution in [0.2, 0.25) is 5.02 Å². The van der Waals surface area contributed by atoms with E-state index < -0.39 is 23.9 Å². The summed E-state index contributed by atoms with van der Waals surface area (Å²) in [6.07, 6.45) is -0.801. The third-order valence-electron chi connectivity index (χ3n) is 3.18. The standard InChI is InChI=1S/C13H13ClFN3O2/c14-8-2-1-3-9(15)12(8)10(6-16)18-4-5-20-11(7-18)13(17)19/h1-3,10-11H,4-5,7H2,(H2,17,19). The van der Waals surface area contributed by atoms with Crippen LogP contribution in [0.15, 0.2) is 18.2 Å². The summed E-state index contributed by atoms with van der Waals surface area (Å²) in [5.41, 5.74) is 5.31. The lowest BCUT2D eigenvalue weighted by molar-refractivity contribution is -0.135. The minimum Gasteiger partial charge on any atom is -0.367 e. The summed E-state index contributed by atoms with van der Waals surface area (Å²) in [5.74, 6) is -1.16. The van der Waals surface area contributed by atoms with E-state index in [0.717, 1.165) is 0 Å². The van der Waals surface area contributed by atoms with Crippen molar-refractivity contribution in [1.29, 1.82) is 5.26 Å². The van der Waals surface area contributed by atoms with Gasteiger partial charge in [0.2, 0.25) is 5.91 Å². The molecule has 1 heterocycles. The number of hydrogen-bond acceptors (Lipinski definition) is 4. The molecular weight excluding hydrogens is 285 g/mol. The fourth-order valence-electron chi connectivity index (χ4n) is 2.18. The number of primary amides is 1. The Morgan fingerprint density at radius 1 is 1.65 bits per heavy atom. The molecule has 5 nitrogen and oxygen atoms in total. The Balaban J connectivity index is 2.29. The van der Waals surface area contributed by atoms with Gasteiger partial charge in [-0.1, -0.05) is 17.7 Å². The molecule has 0 radical (unpaired) electrons. The molecule has 20 heavy (non-hydrogen) atoms. The average Bonchev–Trinajstić information content (AvgIpc) is 2.43. The molecular formula is C13H13ClFN3O2. The number of nitrogens with zero attached hydrogens (tertiary/aromatic N) is 2. The van der Waals surface area contributed by atoms with Crippen molar-refractivity contribution in [2.75, 3.05) is 19.7 Å². The molecule has 0 aromatic heterocycles. The second-order valence-electron chi connectivity index (χ2n) is 4.42. The molecule has 2 rings (SSSR count). The van der Waals surface area contributed by atoms with Crippen molar-refractivity contribution in [3.8, 4) is 6.07 Å². The fourth-order valence-corrected chi connectivity index (χ4v) is 2.44. The first kappa shape index (κ1) is 14.7. The lowest BCUT2D eigenvalue weighted by Gasteiger charge is -2.34. The monoisotopic (exact) mass is 297 g/mol. The third-order valence-corrected chi connectivity index (χ3v) is 3.51. The quantitative estimate of drug-likeness (QED) is 0.910. The number of morpholine rings is 1. The molecule has 1 fully saturated rings. The SMILES string of the molecule is N#CC(c1c(F)cccc1Cl)N1CCOC(C(N)=O)C1. The van der Waals surface area contributed by atoms with Gasteiger partial charge in [0.1, 0.15) is 18.0 Å². The summed E-state index contributed by atoms with van der Waals surface area (Å²) in [6, 6.07) is 5.39. The maximum absolute atomic E-state index is 13.9. The van der Waals surface area contributed by atoms with Gasteiger partial charge < -0.3 is 10.5 Å². The molecule has 1 aliphatic rings. The zero-order valence-corrected chi connectivity index (χ0v) is 11.3. The molecule has 7 heteroatoms. The van der Waals surface area contributed by atoms with Crippen LogP contribution in [0.4, 0.5) is 4.39 Å². The molecule has 106 valence electrons. The van der Waals surface area contributed by atoms with Gasteiger partial charge in [-0.05, 0) is 12.1 Å². The summed E-state index contributed by atoms with van der Waals surface area (Å²) in [5, 5.41) is 9.51. The van der Waals surface area contributed by atoms with Crippen molar-refractivity contribution in [2.45, 2.75) is 12.1 Å². The number of nitriles is 1. The summed E-state index contributed by atoms with van der Waals surface area (Å²) >= 11 is 5.98. The third kappa shape index (κ3) is 2.90. The molecule has 0 saturated carbocycles. The number of hydrogen-bond donors (Lipinski definition) is 1. The molecule has 0 spiro atoms. The molecule has 1 saturated heterocycles. The van der Waals surface area contributed by atoms with E-state index in [1.54, 1.807) is 4.90 Å². The van der Waals surface area contributed by atoms with Gasteiger partial charge in [0.05, 0.1) is 12.7 Å². The van der Waals surface area contributed by atoms with E-state index in [4.69, 9.17) is 22.1 Å². The molecule has 1 aromatic rings. The van der Waals surface area contributed by atoms with Crippen molar-refractivity contribution in [1.82, 2.24) is 4.90 Å². The van der Waals surface area contributed by atoms with Crippen LogP contribution in [0.25, 0.3) is 0 Å². The smallest absolute Gasteiger partial charge is 0.247 e. The maximum atomic E-state index is 13.9. The molecule has 1 aliphatic heterocycles. The summed E-state index contributed by atoms with van der Waals surface area (Å²) in [4.78, 5) is 12.8. The van der Waals surface area contributed by atoms with E-state index in [-0.39, 0.29) is 23.7 Å². The molecule has 0 aliphatic carbocycles. The molecule has 2 atom stereocenters. The summed E-state index contributed by atoms with van der Waals surface area (Å²) < 4.78 is 19.1. The number of benzene rings is 1. The van der Waals surface area contributed by atoms with Gasteiger partial charge in [-0.25, -0.2) is 4.39 Å². The Morgan fingerprint density at radius 3 is 3.00 bits per heavy atom. The zero-order chi connectivity index (χ0) is 14.7. The number of carbonyl (C=O) groups is 1. The highest BCUT2D eigenvalue weighted by Crippen LogP contribution is 2.30. The molecule has 1 aromatic carbocycles. The predicted octanol–water partition coefficient (Wildman–Crippen LogP) is 1.23. The molecule has 1 amide bonds. The second kappa shape index (κ2) is 6.18. The molecule has 0 bridgehead atoms. The van der Waals surface area contributed by atoms with Crippen LogP contribution in [0.3, 0.4) is 0 Å². The number of carbonyl (C=O) groups excluding carboxylic acids is 1. The van der Waals surface area contributed by atoms with Gasteiger partial charge in [-0.15, -0.1) is 0 Å². The Morgan fingerprint density at radius 2 is 2.40 bits per heavy atom. The first-order valence-corrected chi connectivity index (χ1v) is 6.41. The number of rotatable bonds is 3. The largest absolute Gasteiger partial charge is 0.367 e. The highest BCUT2D eigenvalue weighted by atomic mass is 35.5. The second-order valence-corrected chi connectivity index (χ2v) is 4.83. The van der Waals surface area contributed by atoms with Crippen LogP contribution in [0.5, 0.6) is 0 Å². The van der Waals surface area contributed by atoms with E-state index in [9.17, 15) is 14.4 Å². The average molecular weight is 298 g/mol. The molecule has 2 N–H and O–H groups in total. The highest BCUT2D eigenvalue weighted by molar-refractivity contribution is 6.31. The van der Waals surface area contributed by atoms with E-state index in [2.05, 4.69) is 0 Å². The van der Waals surface area contributed by atoms with Crippen LogP contribution >= 0.6 is 11.6 Å². The first-order chi connectivity index (χ1) is 9.54. The van der Waals surface area contributed by atoms with Gasteiger partial charge in [0, 0.05) is 23.7 Å². The van der Waals surface area contributed by atoms with E-state index in [0.29, 0.717) is 6.54 Å². The topological polar surface area (TPSA) is 79.3 Å². The minimum absolute atomic E-state index is 0.113.